The number of hydrogen-bond donors (Lipinski definition) is 1. The molecule has 1 atom stereocenters. The van der Waals surface area contributed by atoms with Crippen molar-refractivity contribution in [1.82, 2.24) is 4.90 Å². The van der Waals surface area contributed by atoms with E-state index >= 15 is 0 Å². The van der Waals surface area contributed by atoms with Gasteiger partial charge in [0.05, 0.1) is 26.3 Å². The number of amides is 4. The smallest absolute Gasteiger partial charge is 0.332 e. The lowest BCUT2D eigenvalue weighted by Crippen LogP contribution is -2.37. The number of hydrogen-bond acceptors (Lipinski definition) is 5. The lowest BCUT2D eigenvalue weighted by molar-refractivity contribution is -0.124. The van der Waals surface area contributed by atoms with Gasteiger partial charge in [-0.15, -0.1) is 0 Å². The van der Waals surface area contributed by atoms with Crippen LogP contribution in [0.4, 0.5) is 20.6 Å². The number of benzene rings is 3. The molecule has 3 aromatic carbocycles. The number of methoxy groups -OCH3 is 2. The van der Waals surface area contributed by atoms with Gasteiger partial charge in [0.25, 0.3) is 5.91 Å². The number of aryl methyl sites for hydroxylation is 1. The third kappa shape index (κ3) is 5.14. The predicted molar refractivity (Wildman–Crippen MR) is 133 cm³/mol. The van der Waals surface area contributed by atoms with E-state index in [1.165, 1.54) is 43.4 Å². The van der Waals surface area contributed by atoms with E-state index in [0.717, 1.165) is 10.5 Å². The summed E-state index contributed by atoms with van der Waals surface area (Å²) in [5, 5.41) is 2.66. The summed E-state index contributed by atoms with van der Waals surface area (Å²) >= 11 is 0. The molecule has 186 valence electrons. The molecule has 0 bridgehead atoms. The molecule has 9 heteroatoms. The number of urea groups is 1. The second-order valence-electron chi connectivity index (χ2n) is 8.39. The first kappa shape index (κ1) is 24.7. The summed E-state index contributed by atoms with van der Waals surface area (Å²) in [5.41, 5.74) is 2.41. The normalized spacial score (nSPS) is 15.3. The molecular formula is C27H26FN3O5. The Labute approximate surface area is 208 Å². The third-order valence-corrected chi connectivity index (χ3v) is 5.89. The number of imide groups is 1. The Hall–Kier alpha value is -4.40. The quantitative estimate of drug-likeness (QED) is 0.468. The molecule has 0 unspecified atom stereocenters. The fourth-order valence-electron chi connectivity index (χ4n) is 4.11. The van der Waals surface area contributed by atoms with Crippen molar-refractivity contribution >= 4 is 29.2 Å². The Morgan fingerprint density at radius 1 is 0.972 bits per heavy atom. The molecule has 0 saturated carbocycles. The summed E-state index contributed by atoms with van der Waals surface area (Å²) < 4.78 is 23.9. The summed E-state index contributed by atoms with van der Waals surface area (Å²) in [6, 6.07) is 16.0. The first-order chi connectivity index (χ1) is 17.3. The average Bonchev–Trinajstić information content (AvgIpc) is 3.09. The molecule has 0 spiro atoms. The summed E-state index contributed by atoms with van der Waals surface area (Å²) in [7, 11) is 3.03. The summed E-state index contributed by atoms with van der Waals surface area (Å²) in [5.74, 6) is -0.397. The molecule has 1 fully saturated rings. The van der Waals surface area contributed by atoms with Crippen LogP contribution in [0.2, 0.25) is 0 Å². The SMILES string of the molecule is COc1ccc(CN2C(=O)N(c3cccc(C)c3)C(=O)[C@@H]2CC(=O)Nc2ccc(F)cc2)cc1OC. The van der Waals surface area contributed by atoms with Gasteiger partial charge in [-0.05, 0) is 66.6 Å². The van der Waals surface area contributed by atoms with E-state index < -0.39 is 29.7 Å². The zero-order valence-corrected chi connectivity index (χ0v) is 20.2. The molecule has 1 heterocycles. The fraction of sp³-hybridized carbons (Fsp3) is 0.222. The van der Waals surface area contributed by atoms with Crippen molar-refractivity contribution in [2.24, 2.45) is 0 Å². The molecule has 8 nitrogen and oxygen atoms in total. The monoisotopic (exact) mass is 491 g/mol. The number of nitrogens with one attached hydrogen (secondary N) is 1. The maximum absolute atomic E-state index is 13.5. The van der Waals surface area contributed by atoms with Gasteiger partial charge in [-0.25, -0.2) is 14.1 Å². The van der Waals surface area contributed by atoms with Gasteiger partial charge in [-0.3, -0.25) is 9.59 Å². The van der Waals surface area contributed by atoms with Crippen LogP contribution in [0.15, 0.2) is 66.7 Å². The molecule has 1 N–H and O–H groups in total. The van der Waals surface area contributed by atoms with E-state index in [1.807, 2.05) is 13.0 Å². The maximum Gasteiger partial charge on any atom is 0.332 e. The number of rotatable bonds is 8. The second kappa shape index (κ2) is 10.5. The van der Waals surface area contributed by atoms with Gasteiger partial charge in [0.2, 0.25) is 5.91 Å². The van der Waals surface area contributed by atoms with Crippen LogP contribution in [0.25, 0.3) is 0 Å². The van der Waals surface area contributed by atoms with Crippen molar-refractivity contribution in [3.63, 3.8) is 0 Å². The molecule has 4 rings (SSSR count). The number of halogens is 1. The number of nitrogens with zero attached hydrogens (tertiary/aromatic N) is 2. The molecule has 3 aromatic rings. The molecule has 1 saturated heterocycles. The molecular weight excluding hydrogens is 465 g/mol. The molecule has 4 amide bonds. The largest absolute Gasteiger partial charge is 0.493 e. The van der Waals surface area contributed by atoms with Crippen LogP contribution in [0.3, 0.4) is 0 Å². The number of anilines is 2. The van der Waals surface area contributed by atoms with E-state index in [1.54, 1.807) is 36.4 Å². The first-order valence-electron chi connectivity index (χ1n) is 11.3. The molecule has 0 aromatic heterocycles. The Kier molecular flexibility index (Phi) is 7.19. The minimum Gasteiger partial charge on any atom is -0.493 e. The first-order valence-corrected chi connectivity index (χ1v) is 11.3. The fourth-order valence-corrected chi connectivity index (χ4v) is 4.11. The van der Waals surface area contributed by atoms with Gasteiger partial charge in [0.1, 0.15) is 11.9 Å². The zero-order valence-electron chi connectivity index (χ0n) is 20.2. The molecule has 1 aliphatic rings. The van der Waals surface area contributed by atoms with Crippen molar-refractivity contribution < 1.29 is 28.2 Å². The Balaban J connectivity index is 1.63. The van der Waals surface area contributed by atoms with Crippen LogP contribution in [-0.4, -0.2) is 43.0 Å². The van der Waals surface area contributed by atoms with E-state index in [0.29, 0.717) is 28.4 Å². The van der Waals surface area contributed by atoms with Crippen LogP contribution in [0.5, 0.6) is 11.5 Å². The number of ether oxygens (including phenoxy) is 2. The maximum atomic E-state index is 13.5. The highest BCUT2D eigenvalue weighted by atomic mass is 19.1. The summed E-state index contributed by atoms with van der Waals surface area (Å²) in [4.78, 5) is 42.3. The zero-order chi connectivity index (χ0) is 25.8. The minimum absolute atomic E-state index is 0.0712. The van der Waals surface area contributed by atoms with E-state index in [4.69, 9.17) is 9.47 Å². The van der Waals surface area contributed by atoms with Crippen molar-refractivity contribution in [2.75, 3.05) is 24.4 Å². The van der Waals surface area contributed by atoms with Gasteiger partial charge in [0, 0.05) is 12.2 Å². The molecule has 0 aliphatic carbocycles. The average molecular weight is 492 g/mol. The Bertz CT molecular complexity index is 1290. The highest BCUT2D eigenvalue weighted by Crippen LogP contribution is 2.32. The van der Waals surface area contributed by atoms with E-state index in [9.17, 15) is 18.8 Å². The lowest BCUT2D eigenvalue weighted by atomic mass is 10.1. The van der Waals surface area contributed by atoms with Crippen LogP contribution in [0, 0.1) is 12.7 Å². The third-order valence-electron chi connectivity index (χ3n) is 5.89. The van der Waals surface area contributed by atoms with Crippen LogP contribution in [0.1, 0.15) is 17.5 Å². The van der Waals surface area contributed by atoms with Gasteiger partial charge in [0.15, 0.2) is 11.5 Å². The van der Waals surface area contributed by atoms with Crippen molar-refractivity contribution in [2.45, 2.75) is 25.9 Å². The Morgan fingerprint density at radius 3 is 2.36 bits per heavy atom. The van der Waals surface area contributed by atoms with Crippen LogP contribution < -0.4 is 19.7 Å². The van der Waals surface area contributed by atoms with E-state index in [-0.39, 0.29) is 13.0 Å². The van der Waals surface area contributed by atoms with Gasteiger partial charge in [-0.1, -0.05) is 18.2 Å². The van der Waals surface area contributed by atoms with Crippen LogP contribution >= 0.6 is 0 Å². The number of carbonyl (C=O) groups excluding carboxylic acids is 3. The van der Waals surface area contributed by atoms with Crippen molar-refractivity contribution in [3.8, 4) is 11.5 Å². The molecule has 0 radical (unpaired) electrons. The summed E-state index contributed by atoms with van der Waals surface area (Å²) in [6.45, 7) is 1.94. The van der Waals surface area contributed by atoms with Crippen molar-refractivity contribution in [1.29, 1.82) is 0 Å². The second-order valence-corrected chi connectivity index (χ2v) is 8.39. The van der Waals surface area contributed by atoms with Gasteiger partial charge in [-0.2, -0.15) is 0 Å². The van der Waals surface area contributed by atoms with E-state index in [2.05, 4.69) is 5.32 Å². The lowest BCUT2D eigenvalue weighted by Gasteiger charge is -2.22. The van der Waals surface area contributed by atoms with Gasteiger partial charge >= 0.3 is 6.03 Å². The highest BCUT2D eigenvalue weighted by molar-refractivity contribution is 6.22. The Morgan fingerprint density at radius 2 is 1.69 bits per heavy atom. The standard InChI is InChI=1S/C27H26FN3O5/c1-17-5-4-6-21(13-17)31-26(33)22(15-25(32)29-20-10-8-19(28)9-11-20)30(27(31)34)16-18-7-12-23(35-2)24(14-18)36-3/h4-14,22H,15-16H2,1-3H3,(H,29,32)/t22-/m0/s1. The summed E-state index contributed by atoms with van der Waals surface area (Å²) in [6.07, 6.45) is -0.266. The van der Waals surface area contributed by atoms with Crippen molar-refractivity contribution in [3.05, 3.63) is 83.7 Å². The molecule has 1 aliphatic heterocycles. The van der Waals surface area contributed by atoms with Crippen LogP contribution in [-0.2, 0) is 16.1 Å². The highest BCUT2D eigenvalue weighted by Gasteiger charge is 2.46. The number of carbonyl (C=O) groups is 3. The van der Waals surface area contributed by atoms with Gasteiger partial charge < -0.3 is 19.7 Å². The predicted octanol–water partition coefficient (Wildman–Crippen LogP) is 4.52. The molecule has 36 heavy (non-hydrogen) atoms. The topological polar surface area (TPSA) is 88.2 Å². The minimum atomic E-state index is -1.04.